The molecule has 180 valence electrons. The van der Waals surface area contributed by atoms with Crippen LogP contribution in [0.1, 0.15) is 61.6 Å². The Balaban J connectivity index is 0.00000187. The molecule has 1 aliphatic carbocycles. The highest BCUT2D eigenvalue weighted by Crippen LogP contribution is 2.31. The van der Waals surface area contributed by atoms with Crippen LogP contribution in [0.2, 0.25) is 0 Å². The Bertz CT molecular complexity index is 930. The van der Waals surface area contributed by atoms with Crippen molar-refractivity contribution < 1.29 is 14.7 Å². The van der Waals surface area contributed by atoms with Crippen LogP contribution in [0.15, 0.2) is 30.6 Å². The van der Waals surface area contributed by atoms with Crippen molar-refractivity contribution in [1.29, 1.82) is 0 Å². The SMILES string of the molecule is CC.CCCN(CC1CC1)c1cc(C(=O)Nc2ccc(CN(C)CC(=O)O)cc2C)ncn1. The van der Waals surface area contributed by atoms with Crippen molar-refractivity contribution in [1.82, 2.24) is 14.9 Å². The zero-order chi connectivity index (χ0) is 24.4. The molecular weight excluding hydrogens is 418 g/mol. The number of carboxylic acids is 1. The number of aliphatic carboxylic acids is 1. The fraction of sp³-hybridized carbons (Fsp3) is 0.520. The maximum Gasteiger partial charge on any atom is 0.317 e. The number of amides is 1. The molecule has 1 saturated carbocycles. The summed E-state index contributed by atoms with van der Waals surface area (Å²) in [5.74, 6) is 0.393. The highest BCUT2D eigenvalue weighted by atomic mass is 16.4. The maximum absolute atomic E-state index is 12.8. The van der Waals surface area contributed by atoms with Gasteiger partial charge in [-0.3, -0.25) is 14.5 Å². The number of carbonyl (C=O) groups excluding carboxylic acids is 1. The van der Waals surface area contributed by atoms with Gasteiger partial charge in [-0.05, 0) is 56.3 Å². The first-order valence-electron chi connectivity index (χ1n) is 11.7. The summed E-state index contributed by atoms with van der Waals surface area (Å²) in [6.07, 6.45) is 5.00. The number of aryl methyl sites for hydroxylation is 1. The lowest BCUT2D eigenvalue weighted by molar-refractivity contribution is -0.138. The molecule has 33 heavy (non-hydrogen) atoms. The minimum atomic E-state index is -0.859. The second-order valence-electron chi connectivity index (χ2n) is 8.32. The first-order chi connectivity index (χ1) is 15.9. The summed E-state index contributed by atoms with van der Waals surface area (Å²) in [4.78, 5) is 36.2. The van der Waals surface area contributed by atoms with E-state index in [9.17, 15) is 9.59 Å². The van der Waals surface area contributed by atoms with Gasteiger partial charge in [0.25, 0.3) is 5.91 Å². The van der Waals surface area contributed by atoms with Gasteiger partial charge in [-0.2, -0.15) is 0 Å². The van der Waals surface area contributed by atoms with Crippen LogP contribution >= 0.6 is 0 Å². The molecule has 8 heteroatoms. The van der Waals surface area contributed by atoms with Gasteiger partial charge in [0.15, 0.2) is 0 Å². The minimum absolute atomic E-state index is 0.0244. The van der Waals surface area contributed by atoms with Crippen molar-refractivity contribution in [2.45, 2.75) is 53.5 Å². The molecule has 1 heterocycles. The highest BCUT2D eigenvalue weighted by Gasteiger charge is 2.25. The molecule has 8 nitrogen and oxygen atoms in total. The van der Waals surface area contributed by atoms with Crippen molar-refractivity contribution in [3.8, 4) is 0 Å². The van der Waals surface area contributed by atoms with E-state index in [4.69, 9.17) is 5.11 Å². The monoisotopic (exact) mass is 455 g/mol. The molecular formula is C25H37N5O3. The molecule has 1 aromatic heterocycles. The molecule has 2 aromatic rings. The Morgan fingerprint density at radius 1 is 1.18 bits per heavy atom. The van der Waals surface area contributed by atoms with Crippen molar-refractivity contribution >= 4 is 23.4 Å². The molecule has 3 rings (SSSR count). The first kappa shape index (κ1) is 26.3. The number of benzene rings is 1. The molecule has 0 saturated heterocycles. The van der Waals surface area contributed by atoms with Gasteiger partial charge in [0.2, 0.25) is 0 Å². The molecule has 1 fully saturated rings. The standard InChI is InChI=1S/C23H31N5O3.C2H6/c1-4-9-28(13-17-5-6-17)21-11-20(24-15-25-21)23(31)26-19-8-7-18(10-16(19)2)12-27(3)14-22(29)30;1-2/h7-8,10-11,15,17H,4-6,9,12-14H2,1-3H3,(H,26,31)(H,29,30);1-2H3. The predicted molar refractivity (Wildman–Crippen MR) is 132 cm³/mol. The second kappa shape index (κ2) is 12.9. The van der Waals surface area contributed by atoms with E-state index in [0.29, 0.717) is 17.9 Å². The minimum Gasteiger partial charge on any atom is -0.480 e. The molecule has 1 amide bonds. The summed E-state index contributed by atoms with van der Waals surface area (Å²) >= 11 is 0. The number of likely N-dealkylation sites (N-methyl/N-ethyl adjacent to an activating group) is 1. The molecule has 0 atom stereocenters. The van der Waals surface area contributed by atoms with Crippen LogP contribution in [0.4, 0.5) is 11.5 Å². The average Bonchev–Trinajstić information content (AvgIpc) is 3.60. The van der Waals surface area contributed by atoms with E-state index < -0.39 is 5.97 Å². The highest BCUT2D eigenvalue weighted by molar-refractivity contribution is 6.03. The lowest BCUT2D eigenvalue weighted by Crippen LogP contribution is -2.28. The van der Waals surface area contributed by atoms with Crippen LogP contribution < -0.4 is 10.2 Å². The van der Waals surface area contributed by atoms with Crippen LogP contribution in [0.25, 0.3) is 0 Å². The third-order valence-corrected chi connectivity index (χ3v) is 5.27. The molecule has 0 bridgehead atoms. The van der Waals surface area contributed by atoms with E-state index in [2.05, 4.69) is 27.1 Å². The topological polar surface area (TPSA) is 98.7 Å². The number of carbonyl (C=O) groups is 2. The van der Waals surface area contributed by atoms with Crippen LogP contribution in [0.5, 0.6) is 0 Å². The predicted octanol–water partition coefficient (Wildman–Crippen LogP) is 4.21. The number of anilines is 2. The number of nitrogens with zero attached hydrogens (tertiary/aromatic N) is 4. The van der Waals surface area contributed by atoms with Crippen LogP contribution in [0.3, 0.4) is 0 Å². The van der Waals surface area contributed by atoms with Gasteiger partial charge in [0, 0.05) is 31.4 Å². The fourth-order valence-corrected chi connectivity index (χ4v) is 3.57. The summed E-state index contributed by atoms with van der Waals surface area (Å²) in [6, 6.07) is 7.46. The van der Waals surface area contributed by atoms with E-state index in [1.807, 2.05) is 39.0 Å². The summed E-state index contributed by atoms with van der Waals surface area (Å²) in [5.41, 5.74) is 2.94. The number of nitrogens with one attached hydrogen (secondary N) is 1. The van der Waals surface area contributed by atoms with Gasteiger partial charge in [0.05, 0.1) is 6.54 Å². The number of hydrogen-bond donors (Lipinski definition) is 2. The quantitative estimate of drug-likeness (QED) is 0.524. The zero-order valence-corrected chi connectivity index (χ0v) is 20.5. The summed E-state index contributed by atoms with van der Waals surface area (Å²) < 4.78 is 0. The lowest BCUT2D eigenvalue weighted by Gasteiger charge is -2.23. The van der Waals surface area contributed by atoms with Crippen molar-refractivity contribution in [2.75, 3.05) is 36.9 Å². The van der Waals surface area contributed by atoms with E-state index in [-0.39, 0.29) is 12.5 Å². The Kier molecular flexibility index (Phi) is 10.3. The normalized spacial score (nSPS) is 12.7. The van der Waals surface area contributed by atoms with Crippen LogP contribution in [-0.2, 0) is 11.3 Å². The Labute approximate surface area is 197 Å². The first-order valence-corrected chi connectivity index (χ1v) is 11.7. The molecule has 0 aliphatic heterocycles. The number of hydrogen-bond acceptors (Lipinski definition) is 6. The smallest absolute Gasteiger partial charge is 0.317 e. The van der Waals surface area contributed by atoms with Crippen molar-refractivity contribution in [3.63, 3.8) is 0 Å². The third-order valence-electron chi connectivity index (χ3n) is 5.27. The third kappa shape index (κ3) is 8.46. The Hall–Kier alpha value is -3.00. The summed E-state index contributed by atoms with van der Waals surface area (Å²) in [6.45, 7) is 10.4. The number of carboxylic acid groups (broad SMARTS) is 1. The largest absolute Gasteiger partial charge is 0.480 e. The van der Waals surface area contributed by atoms with Gasteiger partial charge in [0.1, 0.15) is 17.8 Å². The Morgan fingerprint density at radius 2 is 1.91 bits per heavy atom. The number of aromatic nitrogens is 2. The van der Waals surface area contributed by atoms with Gasteiger partial charge >= 0.3 is 5.97 Å². The van der Waals surface area contributed by atoms with Gasteiger partial charge in [-0.1, -0.05) is 32.9 Å². The van der Waals surface area contributed by atoms with Crippen LogP contribution in [0, 0.1) is 12.8 Å². The molecule has 0 spiro atoms. The maximum atomic E-state index is 12.8. The number of rotatable bonds is 11. The van der Waals surface area contributed by atoms with Gasteiger partial charge in [-0.15, -0.1) is 0 Å². The summed E-state index contributed by atoms with van der Waals surface area (Å²) in [7, 11) is 1.76. The molecule has 0 radical (unpaired) electrons. The molecule has 0 unspecified atom stereocenters. The fourth-order valence-electron chi connectivity index (χ4n) is 3.57. The van der Waals surface area contributed by atoms with E-state index in [1.54, 1.807) is 18.0 Å². The van der Waals surface area contributed by atoms with Crippen molar-refractivity contribution in [3.05, 3.63) is 47.4 Å². The van der Waals surface area contributed by atoms with E-state index in [0.717, 1.165) is 42.4 Å². The van der Waals surface area contributed by atoms with E-state index >= 15 is 0 Å². The van der Waals surface area contributed by atoms with Crippen molar-refractivity contribution in [2.24, 2.45) is 5.92 Å². The van der Waals surface area contributed by atoms with Gasteiger partial charge in [-0.25, -0.2) is 9.97 Å². The Morgan fingerprint density at radius 3 is 2.52 bits per heavy atom. The lowest BCUT2D eigenvalue weighted by atomic mass is 10.1. The second-order valence-corrected chi connectivity index (χ2v) is 8.32. The van der Waals surface area contributed by atoms with E-state index in [1.165, 1.54) is 19.2 Å². The molecule has 1 aliphatic rings. The molecule has 1 aromatic carbocycles. The molecule has 2 N–H and O–H groups in total. The van der Waals surface area contributed by atoms with Gasteiger partial charge < -0.3 is 15.3 Å². The zero-order valence-electron chi connectivity index (χ0n) is 20.5. The average molecular weight is 456 g/mol. The summed E-state index contributed by atoms with van der Waals surface area (Å²) in [5, 5.41) is 11.8. The van der Waals surface area contributed by atoms with Crippen LogP contribution in [-0.4, -0.2) is 58.5 Å².